The van der Waals surface area contributed by atoms with E-state index in [1.165, 1.54) is 180 Å². The molecule has 0 fully saturated rings. The summed E-state index contributed by atoms with van der Waals surface area (Å²) in [6, 6.07) is 0. The molecule has 0 saturated heterocycles. The molecule has 0 aliphatic carbocycles. The van der Waals surface area contributed by atoms with Crippen LogP contribution in [0.25, 0.3) is 0 Å². The minimum Gasteiger partial charge on any atom is -0.462 e. The van der Waals surface area contributed by atoms with Crippen LogP contribution in [0.15, 0.2) is 85.1 Å². The van der Waals surface area contributed by atoms with Gasteiger partial charge in [-0.1, -0.05) is 292 Å². The van der Waals surface area contributed by atoms with Crippen molar-refractivity contribution in [2.24, 2.45) is 0 Å². The molecule has 0 rings (SSSR count). The SMILES string of the molecule is CC/C=C\C/C=C\C/C=C\C/C=C\CCCCCCCCCCCCCCCCC(=O)OCC(COC(=O)CCCCCCCCCC)OC(=O)CCCCCCCCCC/C=C\C/C=C\C/C=C\CCCCCCC. The van der Waals surface area contributed by atoms with Gasteiger partial charge in [-0.05, 0) is 96.3 Å². The first kappa shape index (κ1) is 72.6. The van der Waals surface area contributed by atoms with Gasteiger partial charge in [0, 0.05) is 19.3 Å². The lowest BCUT2D eigenvalue weighted by atomic mass is 10.0. The molecule has 6 heteroatoms. The van der Waals surface area contributed by atoms with E-state index < -0.39 is 6.10 Å². The molecule has 0 radical (unpaired) electrons. The van der Waals surface area contributed by atoms with E-state index in [1.54, 1.807) is 0 Å². The van der Waals surface area contributed by atoms with Crippen LogP contribution >= 0.6 is 0 Å². The lowest BCUT2D eigenvalue weighted by molar-refractivity contribution is -0.167. The third-order valence-corrected chi connectivity index (χ3v) is 14.1. The van der Waals surface area contributed by atoms with Gasteiger partial charge in [0.2, 0.25) is 0 Å². The number of carbonyl (C=O) groups excluding carboxylic acids is 3. The largest absolute Gasteiger partial charge is 0.462 e. The van der Waals surface area contributed by atoms with Crippen molar-refractivity contribution in [1.29, 1.82) is 0 Å². The van der Waals surface area contributed by atoms with Crippen LogP contribution in [0.2, 0.25) is 0 Å². The van der Waals surface area contributed by atoms with Gasteiger partial charge < -0.3 is 14.2 Å². The van der Waals surface area contributed by atoms with E-state index in [9.17, 15) is 14.4 Å². The Hall–Kier alpha value is -3.41. The molecule has 0 aromatic heterocycles. The van der Waals surface area contributed by atoms with Crippen LogP contribution in [0, 0.1) is 0 Å². The topological polar surface area (TPSA) is 78.9 Å². The zero-order valence-corrected chi connectivity index (χ0v) is 50.3. The minimum atomic E-state index is -0.778. The summed E-state index contributed by atoms with van der Waals surface area (Å²) < 4.78 is 16.9. The maximum absolute atomic E-state index is 12.9. The summed E-state index contributed by atoms with van der Waals surface area (Å²) in [5, 5.41) is 0. The molecule has 438 valence electrons. The molecule has 0 spiro atoms. The molecule has 0 saturated carbocycles. The molecular formula is C70H122O6. The summed E-state index contributed by atoms with van der Waals surface area (Å²) in [5.74, 6) is -0.877. The van der Waals surface area contributed by atoms with Crippen molar-refractivity contribution in [3.63, 3.8) is 0 Å². The van der Waals surface area contributed by atoms with Gasteiger partial charge in [-0.2, -0.15) is 0 Å². The summed E-state index contributed by atoms with van der Waals surface area (Å²) in [5.41, 5.74) is 0. The molecule has 1 unspecified atom stereocenters. The molecule has 0 aromatic rings. The normalized spacial score (nSPS) is 12.6. The number of hydrogen-bond acceptors (Lipinski definition) is 6. The van der Waals surface area contributed by atoms with Crippen molar-refractivity contribution in [3.8, 4) is 0 Å². The average molecular weight is 1060 g/mol. The van der Waals surface area contributed by atoms with Crippen LogP contribution in [-0.4, -0.2) is 37.2 Å². The Morgan fingerprint density at radius 3 is 0.803 bits per heavy atom. The van der Waals surface area contributed by atoms with Gasteiger partial charge >= 0.3 is 17.9 Å². The van der Waals surface area contributed by atoms with Gasteiger partial charge in [0.1, 0.15) is 13.2 Å². The van der Waals surface area contributed by atoms with Crippen LogP contribution in [0.4, 0.5) is 0 Å². The quantitative estimate of drug-likeness (QED) is 0.0261. The fourth-order valence-corrected chi connectivity index (χ4v) is 9.27. The summed E-state index contributed by atoms with van der Waals surface area (Å²) >= 11 is 0. The standard InChI is InChI=1S/C70H122O6/c1-4-7-10-13-16-19-21-23-25-27-29-31-33-34-35-36-38-39-41-43-45-47-49-51-54-57-60-63-69(72)75-66-67(65-74-68(71)62-59-56-53-18-15-12-9-6-3)76-70(73)64-61-58-55-52-50-48-46-44-42-40-37-32-30-28-26-24-22-20-17-14-11-8-5-2/h7,10,16,19,22-25,28-31,37,40,67H,4-6,8-9,11-15,17-18,20-21,26-27,32-36,38-39,41-66H2,1-3H3/b10-7-,19-16-,24-22-,25-23-,30-28-,31-29-,40-37-. The van der Waals surface area contributed by atoms with Crippen LogP contribution < -0.4 is 0 Å². The number of rotatable bonds is 59. The molecule has 0 heterocycles. The van der Waals surface area contributed by atoms with Gasteiger partial charge in [-0.25, -0.2) is 0 Å². The highest BCUT2D eigenvalue weighted by molar-refractivity contribution is 5.71. The lowest BCUT2D eigenvalue weighted by Gasteiger charge is -2.18. The summed E-state index contributed by atoms with van der Waals surface area (Å²) in [6.45, 7) is 6.51. The summed E-state index contributed by atoms with van der Waals surface area (Å²) in [7, 11) is 0. The van der Waals surface area contributed by atoms with Gasteiger partial charge in [-0.15, -0.1) is 0 Å². The summed E-state index contributed by atoms with van der Waals surface area (Å²) in [4.78, 5) is 38.2. The number of unbranched alkanes of at least 4 members (excludes halogenated alkanes) is 34. The van der Waals surface area contributed by atoms with Crippen molar-refractivity contribution in [2.75, 3.05) is 13.2 Å². The highest BCUT2D eigenvalue weighted by Gasteiger charge is 2.19. The van der Waals surface area contributed by atoms with E-state index in [2.05, 4.69) is 106 Å². The molecule has 6 nitrogen and oxygen atoms in total. The maximum atomic E-state index is 12.9. The zero-order valence-electron chi connectivity index (χ0n) is 50.3. The highest BCUT2D eigenvalue weighted by Crippen LogP contribution is 2.17. The second-order valence-corrected chi connectivity index (χ2v) is 21.6. The summed E-state index contributed by atoms with van der Waals surface area (Å²) in [6.07, 6.45) is 84.7. The van der Waals surface area contributed by atoms with Crippen molar-refractivity contribution in [1.82, 2.24) is 0 Å². The molecule has 1 atom stereocenters. The highest BCUT2D eigenvalue weighted by atomic mass is 16.6. The van der Waals surface area contributed by atoms with Gasteiger partial charge in [-0.3, -0.25) is 14.4 Å². The maximum Gasteiger partial charge on any atom is 0.306 e. The average Bonchev–Trinajstić information content (AvgIpc) is 3.42. The number of carbonyl (C=O) groups is 3. The molecule has 0 aromatic carbocycles. The first-order chi connectivity index (χ1) is 37.5. The Morgan fingerprint density at radius 2 is 0.513 bits per heavy atom. The lowest BCUT2D eigenvalue weighted by Crippen LogP contribution is -2.30. The number of allylic oxidation sites excluding steroid dienone is 14. The van der Waals surface area contributed by atoms with E-state index in [-0.39, 0.29) is 31.1 Å². The van der Waals surface area contributed by atoms with E-state index in [1.807, 2.05) is 0 Å². The molecule has 0 aliphatic heterocycles. The first-order valence-electron chi connectivity index (χ1n) is 32.6. The second-order valence-electron chi connectivity index (χ2n) is 21.6. The predicted molar refractivity (Wildman–Crippen MR) is 330 cm³/mol. The van der Waals surface area contributed by atoms with Gasteiger partial charge in [0.15, 0.2) is 6.10 Å². The van der Waals surface area contributed by atoms with E-state index >= 15 is 0 Å². The van der Waals surface area contributed by atoms with Crippen LogP contribution in [0.3, 0.4) is 0 Å². The third kappa shape index (κ3) is 61.4. The minimum absolute atomic E-state index is 0.0767. The number of ether oxygens (including phenoxy) is 3. The van der Waals surface area contributed by atoms with Crippen LogP contribution in [-0.2, 0) is 28.6 Å². The third-order valence-electron chi connectivity index (χ3n) is 14.1. The van der Waals surface area contributed by atoms with Gasteiger partial charge in [0.05, 0.1) is 0 Å². The zero-order chi connectivity index (χ0) is 55.0. The Balaban J connectivity index is 4.16. The van der Waals surface area contributed by atoms with Crippen molar-refractivity contribution in [2.45, 2.75) is 329 Å². The van der Waals surface area contributed by atoms with E-state index in [4.69, 9.17) is 14.2 Å². The van der Waals surface area contributed by atoms with Crippen molar-refractivity contribution < 1.29 is 28.6 Å². The molecular weight excluding hydrogens is 937 g/mol. The first-order valence-corrected chi connectivity index (χ1v) is 32.6. The number of hydrogen-bond donors (Lipinski definition) is 0. The Bertz CT molecular complexity index is 1450. The molecule has 76 heavy (non-hydrogen) atoms. The van der Waals surface area contributed by atoms with Crippen molar-refractivity contribution in [3.05, 3.63) is 85.1 Å². The smallest absolute Gasteiger partial charge is 0.306 e. The van der Waals surface area contributed by atoms with Crippen LogP contribution in [0.5, 0.6) is 0 Å². The monoisotopic (exact) mass is 1060 g/mol. The Labute approximate surface area is 471 Å². The Kier molecular flexibility index (Phi) is 61.2. The molecule has 0 bridgehead atoms. The van der Waals surface area contributed by atoms with Crippen molar-refractivity contribution >= 4 is 17.9 Å². The van der Waals surface area contributed by atoms with E-state index in [0.29, 0.717) is 19.3 Å². The number of esters is 3. The Morgan fingerprint density at radius 1 is 0.276 bits per heavy atom. The van der Waals surface area contributed by atoms with E-state index in [0.717, 1.165) is 103 Å². The van der Waals surface area contributed by atoms with Crippen LogP contribution in [0.1, 0.15) is 323 Å². The molecule has 0 N–H and O–H groups in total. The molecule has 0 aliphatic rings. The fourth-order valence-electron chi connectivity index (χ4n) is 9.27. The predicted octanol–water partition coefficient (Wildman–Crippen LogP) is 22.3. The molecule has 0 amide bonds. The second kappa shape index (κ2) is 64.1. The fraction of sp³-hybridized carbons (Fsp3) is 0.757. The van der Waals surface area contributed by atoms with Gasteiger partial charge in [0.25, 0.3) is 0 Å².